The van der Waals surface area contributed by atoms with Crippen molar-refractivity contribution in [2.75, 3.05) is 6.54 Å². The van der Waals surface area contributed by atoms with Crippen molar-refractivity contribution >= 4 is 5.71 Å². The molecule has 0 aliphatic carbocycles. The Labute approximate surface area is 67.7 Å². The van der Waals surface area contributed by atoms with Crippen molar-refractivity contribution in [1.82, 2.24) is 0 Å². The molecule has 0 saturated heterocycles. The van der Waals surface area contributed by atoms with Crippen molar-refractivity contribution < 1.29 is 5.11 Å². The van der Waals surface area contributed by atoms with Gasteiger partial charge in [0.05, 0.1) is 6.10 Å². The molecule has 2 nitrogen and oxygen atoms in total. The summed E-state index contributed by atoms with van der Waals surface area (Å²) in [6, 6.07) is 0. The van der Waals surface area contributed by atoms with Crippen LogP contribution < -0.4 is 0 Å². The van der Waals surface area contributed by atoms with Crippen LogP contribution in [0.1, 0.15) is 26.7 Å². The second-order valence-corrected chi connectivity index (χ2v) is 2.95. The SMILES string of the molecule is C/C=C(\C)C1=NCCC(O)C1. The van der Waals surface area contributed by atoms with Crippen LogP contribution in [0.25, 0.3) is 0 Å². The van der Waals surface area contributed by atoms with Gasteiger partial charge in [-0.1, -0.05) is 6.08 Å². The molecule has 0 aromatic carbocycles. The molecule has 0 radical (unpaired) electrons. The van der Waals surface area contributed by atoms with E-state index in [1.807, 2.05) is 19.9 Å². The molecular formula is C9H15NO. The lowest BCUT2D eigenvalue weighted by Gasteiger charge is -2.17. The van der Waals surface area contributed by atoms with Gasteiger partial charge in [-0.05, 0) is 25.8 Å². The Balaban J connectivity index is 2.65. The first kappa shape index (κ1) is 8.47. The van der Waals surface area contributed by atoms with E-state index in [2.05, 4.69) is 4.99 Å². The number of hydrogen-bond donors (Lipinski definition) is 1. The fourth-order valence-electron chi connectivity index (χ4n) is 1.19. The van der Waals surface area contributed by atoms with E-state index in [1.54, 1.807) is 0 Å². The van der Waals surface area contributed by atoms with Crippen LogP contribution in [0.15, 0.2) is 16.6 Å². The molecule has 0 bridgehead atoms. The Hall–Kier alpha value is -0.630. The smallest absolute Gasteiger partial charge is 0.0613 e. The number of nitrogens with zero attached hydrogens (tertiary/aromatic N) is 1. The largest absolute Gasteiger partial charge is 0.393 e. The van der Waals surface area contributed by atoms with Crippen LogP contribution in [0.4, 0.5) is 0 Å². The zero-order chi connectivity index (χ0) is 8.27. The highest BCUT2D eigenvalue weighted by atomic mass is 16.3. The maximum Gasteiger partial charge on any atom is 0.0613 e. The van der Waals surface area contributed by atoms with E-state index < -0.39 is 0 Å². The van der Waals surface area contributed by atoms with Gasteiger partial charge in [-0.2, -0.15) is 0 Å². The first-order valence-electron chi connectivity index (χ1n) is 4.08. The summed E-state index contributed by atoms with van der Waals surface area (Å²) in [7, 11) is 0. The molecule has 1 unspecified atom stereocenters. The number of rotatable bonds is 1. The highest BCUT2D eigenvalue weighted by Crippen LogP contribution is 2.12. The van der Waals surface area contributed by atoms with Gasteiger partial charge in [0.25, 0.3) is 0 Å². The van der Waals surface area contributed by atoms with Crippen LogP contribution in [0.2, 0.25) is 0 Å². The van der Waals surface area contributed by atoms with Crippen molar-refractivity contribution in [3.63, 3.8) is 0 Å². The zero-order valence-electron chi connectivity index (χ0n) is 7.17. The maximum absolute atomic E-state index is 9.32. The molecule has 1 atom stereocenters. The topological polar surface area (TPSA) is 32.6 Å². The first-order valence-corrected chi connectivity index (χ1v) is 4.08. The lowest BCUT2D eigenvalue weighted by atomic mass is 10.0. The Kier molecular flexibility index (Phi) is 2.83. The molecule has 0 aromatic rings. The summed E-state index contributed by atoms with van der Waals surface area (Å²) in [5.41, 5.74) is 2.27. The maximum atomic E-state index is 9.32. The predicted molar refractivity (Wildman–Crippen MR) is 47.0 cm³/mol. The van der Waals surface area contributed by atoms with Gasteiger partial charge in [-0.3, -0.25) is 4.99 Å². The van der Waals surface area contributed by atoms with E-state index in [0.717, 1.165) is 25.1 Å². The molecule has 62 valence electrons. The second-order valence-electron chi connectivity index (χ2n) is 2.95. The Morgan fingerprint density at radius 2 is 2.45 bits per heavy atom. The number of aliphatic imine (C=N–C) groups is 1. The summed E-state index contributed by atoms with van der Waals surface area (Å²) in [4.78, 5) is 4.34. The van der Waals surface area contributed by atoms with Crippen LogP contribution in [0.5, 0.6) is 0 Å². The molecule has 1 aliphatic heterocycles. The highest BCUT2D eigenvalue weighted by molar-refractivity contribution is 6.00. The molecule has 0 spiro atoms. The molecule has 0 saturated carbocycles. The number of aliphatic hydroxyl groups is 1. The molecule has 0 aromatic heterocycles. The Morgan fingerprint density at radius 1 is 1.73 bits per heavy atom. The molecule has 2 heteroatoms. The minimum Gasteiger partial charge on any atom is -0.393 e. The number of hydrogen-bond acceptors (Lipinski definition) is 2. The fraction of sp³-hybridized carbons (Fsp3) is 0.667. The van der Waals surface area contributed by atoms with E-state index in [4.69, 9.17) is 0 Å². The fourth-order valence-corrected chi connectivity index (χ4v) is 1.19. The number of aliphatic hydroxyl groups excluding tert-OH is 1. The Bertz CT molecular complexity index is 194. The molecule has 1 aliphatic rings. The molecule has 0 amide bonds. The van der Waals surface area contributed by atoms with Gasteiger partial charge in [-0.15, -0.1) is 0 Å². The molecule has 11 heavy (non-hydrogen) atoms. The van der Waals surface area contributed by atoms with Crippen molar-refractivity contribution in [2.45, 2.75) is 32.8 Å². The summed E-state index contributed by atoms with van der Waals surface area (Å²) in [6.45, 7) is 4.82. The van der Waals surface area contributed by atoms with Gasteiger partial charge in [-0.25, -0.2) is 0 Å². The molecule has 1 N–H and O–H groups in total. The lowest BCUT2D eigenvalue weighted by Crippen LogP contribution is -2.20. The monoisotopic (exact) mass is 153 g/mol. The van der Waals surface area contributed by atoms with E-state index in [0.29, 0.717) is 0 Å². The molecule has 1 heterocycles. The summed E-state index contributed by atoms with van der Waals surface area (Å²) in [6.07, 6.45) is 3.42. The van der Waals surface area contributed by atoms with Crippen molar-refractivity contribution in [3.8, 4) is 0 Å². The van der Waals surface area contributed by atoms with Crippen LogP contribution in [-0.2, 0) is 0 Å². The standard InChI is InChI=1S/C9H15NO/c1-3-7(2)9-6-8(11)4-5-10-9/h3,8,11H,4-6H2,1-2H3/b7-3+. The lowest BCUT2D eigenvalue weighted by molar-refractivity contribution is 0.171. The highest BCUT2D eigenvalue weighted by Gasteiger charge is 2.13. The van der Waals surface area contributed by atoms with Crippen molar-refractivity contribution in [3.05, 3.63) is 11.6 Å². The third-order valence-electron chi connectivity index (χ3n) is 2.08. The summed E-state index contributed by atoms with van der Waals surface area (Å²) >= 11 is 0. The van der Waals surface area contributed by atoms with Crippen molar-refractivity contribution in [2.24, 2.45) is 4.99 Å². The van der Waals surface area contributed by atoms with Crippen LogP contribution >= 0.6 is 0 Å². The van der Waals surface area contributed by atoms with Gasteiger partial charge in [0, 0.05) is 18.7 Å². The summed E-state index contributed by atoms with van der Waals surface area (Å²) in [5, 5.41) is 9.32. The van der Waals surface area contributed by atoms with E-state index in [1.165, 1.54) is 5.57 Å². The minimum atomic E-state index is -0.169. The molecular weight excluding hydrogens is 138 g/mol. The second kappa shape index (κ2) is 3.67. The number of allylic oxidation sites excluding steroid dienone is 2. The normalized spacial score (nSPS) is 26.6. The van der Waals surface area contributed by atoms with Crippen LogP contribution in [-0.4, -0.2) is 23.5 Å². The quantitative estimate of drug-likeness (QED) is 0.609. The average Bonchev–Trinajstić information content (AvgIpc) is 2.03. The third kappa shape index (κ3) is 2.15. The Morgan fingerprint density at radius 3 is 3.00 bits per heavy atom. The van der Waals surface area contributed by atoms with E-state index in [9.17, 15) is 5.11 Å². The van der Waals surface area contributed by atoms with Crippen LogP contribution in [0, 0.1) is 0 Å². The van der Waals surface area contributed by atoms with Crippen molar-refractivity contribution in [1.29, 1.82) is 0 Å². The summed E-state index contributed by atoms with van der Waals surface area (Å²) in [5.74, 6) is 0. The van der Waals surface area contributed by atoms with E-state index in [-0.39, 0.29) is 6.10 Å². The summed E-state index contributed by atoms with van der Waals surface area (Å²) < 4.78 is 0. The molecule has 0 fully saturated rings. The van der Waals surface area contributed by atoms with Gasteiger partial charge in [0.2, 0.25) is 0 Å². The van der Waals surface area contributed by atoms with Gasteiger partial charge in [0.15, 0.2) is 0 Å². The molecule has 1 rings (SSSR count). The minimum absolute atomic E-state index is 0.169. The third-order valence-corrected chi connectivity index (χ3v) is 2.08. The zero-order valence-corrected chi connectivity index (χ0v) is 7.17. The first-order chi connectivity index (χ1) is 5.24. The van der Waals surface area contributed by atoms with Gasteiger partial charge in [0.1, 0.15) is 0 Å². The average molecular weight is 153 g/mol. The predicted octanol–water partition coefficient (Wildman–Crippen LogP) is 1.55. The van der Waals surface area contributed by atoms with E-state index >= 15 is 0 Å². The van der Waals surface area contributed by atoms with Crippen LogP contribution in [0.3, 0.4) is 0 Å². The van der Waals surface area contributed by atoms with Gasteiger partial charge < -0.3 is 5.11 Å². The van der Waals surface area contributed by atoms with Gasteiger partial charge >= 0.3 is 0 Å².